The quantitative estimate of drug-likeness (QED) is 0.862. The molecule has 8 heteroatoms. The molecular formula is C12H6F4N2O2. The molecule has 0 bridgehead atoms. The van der Waals surface area contributed by atoms with Crippen LogP contribution in [0.1, 0.15) is 16.1 Å². The fourth-order valence-corrected chi connectivity index (χ4v) is 1.52. The zero-order valence-electron chi connectivity index (χ0n) is 9.65. The van der Waals surface area contributed by atoms with E-state index in [9.17, 15) is 22.4 Å². The van der Waals surface area contributed by atoms with Gasteiger partial charge in [-0.25, -0.2) is 19.2 Å². The summed E-state index contributed by atoms with van der Waals surface area (Å²) >= 11 is 0. The number of halogens is 4. The second kappa shape index (κ2) is 4.87. The number of alkyl halides is 3. The van der Waals surface area contributed by atoms with Crippen LogP contribution in [0.25, 0.3) is 11.3 Å². The van der Waals surface area contributed by atoms with Crippen molar-refractivity contribution >= 4 is 5.97 Å². The zero-order chi connectivity index (χ0) is 14.9. The Labute approximate surface area is 109 Å². The van der Waals surface area contributed by atoms with Gasteiger partial charge in [-0.2, -0.15) is 13.2 Å². The van der Waals surface area contributed by atoms with E-state index in [2.05, 4.69) is 9.97 Å². The Hall–Kier alpha value is -2.51. The lowest BCUT2D eigenvalue weighted by Crippen LogP contribution is -2.06. The summed E-state index contributed by atoms with van der Waals surface area (Å²) in [5.41, 5.74) is -2.16. The summed E-state index contributed by atoms with van der Waals surface area (Å²) in [5.74, 6) is -2.32. The molecule has 1 aromatic carbocycles. The first-order valence-electron chi connectivity index (χ1n) is 5.21. The lowest BCUT2D eigenvalue weighted by atomic mass is 10.1. The Morgan fingerprint density at radius 3 is 2.45 bits per heavy atom. The summed E-state index contributed by atoms with van der Waals surface area (Å²) in [5, 5.41) is 8.75. The summed E-state index contributed by atoms with van der Waals surface area (Å²) in [7, 11) is 0. The fraction of sp³-hybridized carbons (Fsp3) is 0.0833. The minimum atomic E-state index is -4.63. The van der Waals surface area contributed by atoms with Crippen LogP contribution in [0.2, 0.25) is 0 Å². The number of nitrogens with zero attached hydrogens (tertiary/aromatic N) is 2. The van der Waals surface area contributed by atoms with Gasteiger partial charge in [0.05, 0.1) is 11.3 Å². The van der Waals surface area contributed by atoms with Crippen LogP contribution in [0.3, 0.4) is 0 Å². The molecule has 1 heterocycles. The van der Waals surface area contributed by atoms with Crippen molar-refractivity contribution in [1.29, 1.82) is 0 Å². The Kier molecular flexibility index (Phi) is 3.39. The summed E-state index contributed by atoms with van der Waals surface area (Å²) in [6.07, 6.45) is -3.79. The van der Waals surface area contributed by atoms with E-state index in [1.54, 1.807) is 0 Å². The predicted octanol–water partition coefficient (Wildman–Crippen LogP) is 3.00. The molecular weight excluding hydrogens is 280 g/mol. The number of carboxylic acid groups (broad SMARTS) is 1. The molecule has 0 saturated heterocycles. The van der Waals surface area contributed by atoms with E-state index in [1.807, 2.05) is 0 Å². The smallest absolute Gasteiger partial charge is 0.416 e. The minimum absolute atomic E-state index is 0.235. The summed E-state index contributed by atoms with van der Waals surface area (Å²) in [4.78, 5) is 17.7. The number of rotatable bonds is 2. The van der Waals surface area contributed by atoms with Gasteiger partial charge < -0.3 is 5.11 Å². The molecule has 0 saturated carbocycles. The molecule has 0 amide bonds. The third-order valence-corrected chi connectivity index (χ3v) is 2.46. The standard InChI is InChI=1S/C12H6F4N2O2/c13-8-2-1-6(12(14,15)16)3-7(8)9-4-10(11(19)20)18-5-17-9/h1-5H,(H,19,20). The van der Waals surface area contributed by atoms with E-state index in [4.69, 9.17) is 5.11 Å². The second-order valence-electron chi connectivity index (χ2n) is 3.79. The minimum Gasteiger partial charge on any atom is -0.477 e. The lowest BCUT2D eigenvalue weighted by Gasteiger charge is -2.09. The fourth-order valence-electron chi connectivity index (χ4n) is 1.52. The molecule has 1 aromatic heterocycles. The van der Waals surface area contributed by atoms with Crippen LogP contribution in [0.4, 0.5) is 17.6 Å². The molecule has 0 unspecified atom stereocenters. The van der Waals surface area contributed by atoms with Gasteiger partial charge in [0.15, 0.2) is 5.69 Å². The molecule has 0 aliphatic heterocycles. The Morgan fingerprint density at radius 2 is 1.85 bits per heavy atom. The van der Waals surface area contributed by atoms with Gasteiger partial charge in [0.25, 0.3) is 0 Å². The molecule has 1 N–H and O–H groups in total. The average molecular weight is 286 g/mol. The van der Waals surface area contributed by atoms with Gasteiger partial charge in [-0.05, 0) is 24.3 Å². The van der Waals surface area contributed by atoms with Crippen molar-refractivity contribution in [3.8, 4) is 11.3 Å². The maximum Gasteiger partial charge on any atom is 0.416 e. The van der Waals surface area contributed by atoms with Gasteiger partial charge in [0, 0.05) is 5.56 Å². The van der Waals surface area contributed by atoms with E-state index in [-0.39, 0.29) is 5.69 Å². The highest BCUT2D eigenvalue weighted by atomic mass is 19.4. The van der Waals surface area contributed by atoms with Gasteiger partial charge in [0.1, 0.15) is 12.1 Å². The van der Waals surface area contributed by atoms with Crippen LogP contribution in [0, 0.1) is 5.82 Å². The van der Waals surface area contributed by atoms with Crippen molar-refractivity contribution in [2.75, 3.05) is 0 Å². The second-order valence-corrected chi connectivity index (χ2v) is 3.79. The average Bonchev–Trinajstić information content (AvgIpc) is 2.38. The molecule has 2 rings (SSSR count). The van der Waals surface area contributed by atoms with Gasteiger partial charge in [0.2, 0.25) is 0 Å². The molecule has 20 heavy (non-hydrogen) atoms. The van der Waals surface area contributed by atoms with E-state index < -0.39 is 34.8 Å². The summed E-state index contributed by atoms with van der Waals surface area (Å²) in [6, 6.07) is 2.73. The van der Waals surface area contributed by atoms with Crippen molar-refractivity contribution in [2.45, 2.75) is 6.18 Å². The Bertz CT molecular complexity index is 671. The molecule has 4 nitrogen and oxygen atoms in total. The van der Waals surface area contributed by atoms with Crippen molar-refractivity contribution in [2.24, 2.45) is 0 Å². The molecule has 2 aromatic rings. The van der Waals surface area contributed by atoms with Crippen LogP contribution >= 0.6 is 0 Å². The van der Waals surface area contributed by atoms with Crippen LogP contribution in [-0.2, 0) is 6.18 Å². The Morgan fingerprint density at radius 1 is 1.15 bits per heavy atom. The van der Waals surface area contributed by atoms with E-state index >= 15 is 0 Å². The number of aromatic carboxylic acids is 1. The number of aromatic nitrogens is 2. The van der Waals surface area contributed by atoms with E-state index in [0.717, 1.165) is 12.4 Å². The molecule has 0 atom stereocenters. The number of hydrogen-bond donors (Lipinski definition) is 1. The molecule has 0 fully saturated rings. The Balaban J connectivity index is 2.57. The topological polar surface area (TPSA) is 63.1 Å². The highest BCUT2D eigenvalue weighted by Crippen LogP contribution is 2.33. The van der Waals surface area contributed by atoms with Crippen LogP contribution < -0.4 is 0 Å². The number of carboxylic acids is 1. The molecule has 0 aliphatic rings. The molecule has 0 spiro atoms. The first-order valence-corrected chi connectivity index (χ1v) is 5.21. The van der Waals surface area contributed by atoms with Gasteiger partial charge >= 0.3 is 12.1 Å². The number of hydrogen-bond acceptors (Lipinski definition) is 3. The van der Waals surface area contributed by atoms with Crippen LogP contribution in [0.15, 0.2) is 30.6 Å². The normalized spacial score (nSPS) is 11.4. The third-order valence-electron chi connectivity index (χ3n) is 2.46. The van der Waals surface area contributed by atoms with Crippen molar-refractivity contribution in [3.63, 3.8) is 0 Å². The summed E-state index contributed by atoms with van der Waals surface area (Å²) < 4.78 is 51.3. The van der Waals surface area contributed by atoms with Crippen LogP contribution in [0.5, 0.6) is 0 Å². The van der Waals surface area contributed by atoms with E-state index in [1.165, 1.54) is 0 Å². The first-order chi connectivity index (χ1) is 9.29. The first kappa shape index (κ1) is 13.9. The van der Waals surface area contributed by atoms with Crippen molar-refractivity contribution in [1.82, 2.24) is 9.97 Å². The lowest BCUT2D eigenvalue weighted by molar-refractivity contribution is -0.137. The molecule has 104 valence electrons. The van der Waals surface area contributed by atoms with E-state index in [0.29, 0.717) is 18.2 Å². The monoisotopic (exact) mass is 286 g/mol. The molecule has 0 aliphatic carbocycles. The SMILES string of the molecule is O=C(O)c1cc(-c2cc(C(F)(F)F)ccc2F)ncn1. The maximum absolute atomic E-state index is 13.6. The summed E-state index contributed by atoms with van der Waals surface area (Å²) in [6.45, 7) is 0. The van der Waals surface area contributed by atoms with Crippen LogP contribution in [-0.4, -0.2) is 21.0 Å². The third kappa shape index (κ3) is 2.73. The van der Waals surface area contributed by atoms with Gasteiger partial charge in [-0.3, -0.25) is 0 Å². The van der Waals surface area contributed by atoms with Gasteiger partial charge in [-0.15, -0.1) is 0 Å². The highest BCUT2D eigenvalue weighted by molar-refractivity contribution is 5.86. The number of carbonyl (C=O) groups is 1. The predicted molar refractivity (Wildman–Crippen MR) is 59.4 cm³/mol. The number of benzene rings is 1. The maximum atomic E-state index is 13.6. The molecule has 0 radical (unpaired) electrons. The van der Waals surface area contributed by atoms with Crippen molar-refractivity contribution in [3.05, 3.63) is 47.7 Å². The largest absolute Gasteiger partial charge is 0.477 e. The zero-order valence-corrected chi connectivity index (χ0v) is 9.65. The van der Waals surface area contributed by atoms with Gasteiger partial charge in [-0.1, -0.05) is 0 Å². The van der Waals surface area contributed by atoms with Crippen molar-refractivity contribution < 1.29 is 27.5 Å². The highest BCUT2D eigenvalue weighted by Gasteiger charge is 2.31.